The molecule has 11 nitrogen and oxygen atoms in total. The molecule has 3 fully saturated rings. The highest BCUT2D eigenvalue weighted by molar-refractivity contribution is 6.36. The van der Waals surface area contributed by atoms with Crippen LogP contribution in [0.2, 0.25) is 5.02 Å². The van der Waals surface area contributed by atoms with Crippen molar-refractivity contribution in [3.63, 3.8) is 0 Å². The molecule has 52 heavy (non-hydrogen) atoms. The van der Waals surface area contributed by atoms with Crippen LogP contribution in [0.15, 0.2) is 53.2 Å². The van der Waals surface area contributed by atoms with Crippen LogP contribution in [0, 0.1) is 11.7 Å². The first-order valence-electron chi connectivity index (χ1n) is 17.1. The molecule has 272 valence electrons. The van der Waals surface area contributed by atoms with Crippen LogP contribution in [0.3, 0.4) is 0 Å². The molecule has 2 aromatic carbocycles. The van der Waals surface area contributed by atoms with Gasteiger partial charge in [-0.25, -0.2) is 17.6 Å². The monoisotopic (exact) mass is 738 g/mol. The fraction of sp³-hybridized carbons (Fsp3) is 0.417. The summed E-state index contributed by atoms with van der Waals surface area (Å²) in [5, 5.41) is 16.2. The first-order valence-corrected chi connectivity index (χ1v) is 17.5. The second-order valence-corrected chi connectivity index (χ2v) is 14.2. The highest BCUT2D eigenvalue weighted by Crippen LogP contribution is 2.41. The summed E-state index contributed by atoms with van der Waals surface area (Å²) in [6.07, 6.45) is 1.55. The second-order valence-electron chi connectivity index (χ2n) is 13.8. The summed E-state index contributed by atoms with van der Waals surface area (Å²) in [5.74, 6) is -0.996. The van der Waals surface area contributed by atoms with Crippen LogP contribution in [0.5, 0.6) is 6.01 Å². The standard InChI is InChI=1S/C36H35ClF4N8O3/c1-47(15-20-16-48(17-20)27(50)10-9-26-43-33(32(40)41)46-52-26)34-24-14-42-30(23-7-2-5-21-6-3-8-25(37)28(21)23)29(39)31(24)44-35(45-34)51-19-36-11-4-12-49(36)18-22(38)13-36/h2-3,5-10,14,20,22,27,32,50H,4,11-13,15-19H2,1H3/b10-9+/t22-,27?,36+/m1/s1. The van der Waals surface area contributed by atoms with Crippen LogP contribution in [-0.4, -0.2) is 104 Å². The van der Waals surface area contributed by atoms with E-state index in [1.807, 2.05) is 36.2 Å². The lowest BCUT2D eigenvalue weighted by atomic mass is 9.95. The number of hydrogen-bond acceptors (Lipinski definition) is 11. The predicted octanol–water partition coefficient (Wildman–Crippen LogP) is 6.31. The maximum Gasteiger partial charge on any atom is 0.319 e. The molecule has 0 spiro atoms. The summed E-state index contributed by atoms with van der Waals surface area (Å²) in [6, 6.07) is 11.0. The molecular formula is C36H35ClF4N8O3. The number of fused-ring (bicyclic) bond motifs is 3. The number of aliphatic hydroxyl groups excluding tert-OH is 1. The van der Waals surface area contributed by atoms with Crippen LogP contribution < -0.4 is 9.64 Å². The number of aliphatic hydroxyl groups is 1. The lowest BCUT2D eigenvalue weighted by molar-refractivity contribution is -0.0327. The molecule has 3 aliphatic rings. The van der Waals surface area contributed by atoms with Gasteiger partial charge in [0.15, 0.2) is 5.82 Å². The first kappa shape index (κ1) is 34.6. The molecule has 3 aliphatic heterocycles. The van der Waals surface area contributed by atoms with Gasteiger partial charge in [0.1, 0.15) is 36.0 Å². The summed E-state index contributed by atoms with van der Waals surface area (Å²) in [7, 11) is 1.83. The van der Waals surface area contributed by atoms with Crippen LogP contribution in [0.25, 0.3) is 39.0 Å². The van der Waals surface area contributed by atoms with Crippen LogP contribution >= 0.6 is 11.6 Å². The van der Waals surface area contributed by atoms with E-state index in [0.717, 1.165) is 24.8 Å². The normalized spacial score (nSPS) is 21.8. The highest BCUT2D eigenvalue weighted by atomic mass is 35.5. The molecule has 3 aromatic heterocycles. The van der Waals surface area contributed by atoms with Gasteiger partial charge in [-0.05, 0) is 36.9 Å². The van der Waals surface area contributed by atoms with E-state index in [4.69, 9.17) is 25.8 Å². The topological polar surface area (TPSA) is 117 Å². The third-order valence-electron chi connectivity index (χ3n) is 10.3. The Labute approximate surface area is 300 Å². The minimum atomic E-state index is -2.86. The van der Waals surface area contributed by atoms with Gasteiger partial charge in [-0.15, -0.1) is 0 Å². The van der Waals surface area contributed by atoms with E-state index in [2.05, 4.69) is 25.0 Å². The number of aromatic nitrogens is 5. The Morgan fingerprint density at radius 3 is 2.75 bits per heavy atom. The Morgan fingerprint density at radius 2 is 1.96 bits per heavy atom. The van der Waals surface area contributed by atoms with Gasteiger partial charge in [-0.2, -0.15) is 15.0 Å². The van der Waals surface area contributed by atoms with Gasteiger partial charge in [0.2, 0.25) is 5.82 Å². The molecule has 6 heterocycles. The second kappa shape index (κ2) is 13.8. The number of ether oxygens (including phenoxy) is 1. The van der Waals surface area contributed by atoms with Crippen molar-refractivity contribution in [2.75, 3.05) is 51.3 Å². The minimum absolute atomic E-state index is 0.0169. The van der Waals surface area contributed by atoms with Crippen molar-refractivity contribution in [3.05, 3.63) is 71.2 Å². The van der Waals surface area contributed by atoms with E-state index in [9.17, 15) is 18.3 Å². The van der Waals surface area contributed by atoms with Gasteiger partial charge >= 0.3 is 12.4 Å². The summed E-state index contributed by atoms with van der Waals surface area (Å²) < 4.78 is 67.8. The Bertz CT molecular complexity index is 2140. The Hall–Kier alpha value is -4.44. The Kier molecular flexibility index (Phi) is 9.22. The molecule has 0 saturated carbocycles. The molecule has 1 N–H and O–H groups in total. The van der Waals surface area contributed by atoms with Crippen molar-refractivity contribution in [3.8, 4) is 17.3 Å². The Morgan fingerprint density at radius 1 is 1.15 bits per heavy atom. The number of benzene rings is 2. The van der Waals surface area contributed by atoms with E-state index in [0.29, 0.717) is 59.8 Å². The third kappa shape index (κ3) is 6.44. The molecule has 0 amide bonds. The van der Waals surface area contributed by atoms with Gasteiger partial charge < -0.3 is 19.3 Å². The summed E-state index contributed by atoms with van der Waals surface area (Å²) >= 11 is 6.60. The maximum absolute atomic E-state index is 16.7. The van der Waals surface area contributed by atoms with E-state index in [-0.39, 0.29) is 35.6 Å². The zero-order chi connectivity index (χ0) is 36.1. The molecule has 1 unspecified atom stereocenters. The fourth-order valence-electron chi connectivity index (χ4n) is 7.81. The SMILES string of the molecule is CN(CC1CN(C(O)/C=C/c2nc(C(F)F)no2)C1)c1nc(OC[C@@]23CCCN2C[C@H](F)C3)nc2c(F)c(-c3cccc4cccc(Cl)c34)ncc12. The highest BCUT2D eigenvalue weighted by Gasteiger charge is 2.49. The lowest BCUT2D eigenvalue weighted by Crippen LogP contribution is -2.54. The number of pyridine rings is 1. The Balaban J connectivity index is 1.06. The molecular weight excluding hydrogens is 704 g/mol. The third-order valence-corrected chi connectivity index (χ3v) is 10.6. The fourth-order valence-corrected chi connectivity index (χ4v) is 8.10. The number of nitrogens with zero attached hydrogens (tertiary/aromatic N) is 8. The summed E-state index contributed by atoms with van der Waals surface area (Å²) in [4.78, 5) is 23.3. The van der Waals surface area contributed by atoms with Crippen LogP contribution in [0.1, 0.15) is 37.4 Å². The quantitative estimate of drug-likeness (QED) is 0.154. The van der Waals surface area contributed by atoms with Gasteiger partial charge in [0.25, 0.3) is 5.89 Å². The van der Waals surface area contributed by atoms with E-state index in [1.165, 1.54) is 12.2 Å². The average molecular weight is 739 g/mol. The van der Waals surface area contributed by atoms with Crippen molar-refractivity contribution in [2.45, 2.75) is 43.6 Å². The van der Waals surface area contributed by atoms with E-state index >= 15 is 4.39 Å². The van der Waals surface area contributed by atoms with Gasteiger partial charge in [-0.3, -0.25) is 14.8 Å². The zero-order valence-corrected chi connectivity index (χ0v) is 28.9. The largest absolute Gasteiger partial charge is 0.461 e. The number of rotatable bonds is 11. The van der Waals surface area contributed by atoms with Crippen LogP contribution in [0.4, 0.5) is 23.4 Å². The molecule has 8 rings (SSSR count). The van der Waals surface area contributed by atoms with Gasteiger partial charge in [0.05, 0.1) is 10.9 Å². The minimum Gasteiger partial charge on any atom is -0.461 e. The lowest BCUT2D eigenvalue weighted by Gasteiger charge is -2.43. The van der Waals surface area contributed by atoms with Gasteiger partial charge in [0, 0.05) is 73.8 Å². The number of likely N-dealkylation sites (tertiary alicyclic amines) is 1. The summed E-state index contributed by atoms with van der Waals surface area (Å²) in [6.45, 7) is 2.85. The van der Waals surface area contributed by atoms with Gasteiger partial charge in [-0.1, -0.05) is 47.1 Å². The van der Waals surface area contributed by atoms with E-state index < -0.39 is 36.0 Å². The number of halogens is 5. The average Bonchev–Trinajstić information content (AvgIpc) is 3.82. The van der Waals surface area contributed by atoms with Crippen molar-refractivity contribution in [1.82, 2.24) is 34.9 Å². The van der Waals surface area contributed by atoms with E-state index in [1.54, 1.807) is 23.2 Å². The molecule has 0 bridgehead atoms. The van der Waals surface area contributed by atoms with Crippen molar-refractivity contribution < 1.29 is 31.9 Å². The number of hydrogen-bond donors (Lipinski definition) is 1. The molecule has 0 radical (unpaired) electrons. The number of alkyl halides is 3. The van der Waals surface area contributed by atoms with Crippen molar-refractivity contribution in [2.24, 2.45) is 5.92 Å². The molecule has 3 atom stereocenters. The first-order chi connectivity index (χ1) is 25.1. The van der Waals surface area contributed by atoms with Crippen LogP contribution in [-0.2, 0) is 0 Å². The maximum atomic E-state index is 16.7. The smallest absolute Gasteiger partial charge is 0.319 e. The molecule has 16 heteroatoms. The zero-order valence-electron chi connectivity index (χ0n) is 28.1. The molecule has 5 aromatic rings. The van der Waals surface area contributed by atoms with Crippen molar-refractivity contribution >= 4 is 45.2 Å². The molecule has 3 saturated heterocycles. The number of anilines is 1. The summed E-state index contributed by atoms with van der Waals surface area (Å²) in [5.41, 5.74) is 0.187. The molecule has 0 aliphatic carbocycles. The predicted molar refractivity (Wildman–Crippen MR) is 186 cm³/mol. The van der Waals surface area contributed by atoms with Crippen molar-refractivity contribution in [1.29, 1.82) is 0 Å².